The molecule has 106 valence electrons. The van der Waals surface area contributed by atoms with Crippen molar-refractivity contribution in [1.82, 2.24) is 9.80 Å². The molecule has 2 rings (SSSR count). The first kappa shape index (κ1) is 14.5. The van der Waals surface area contributed by atoms with E-state index in [1.54, 1.807) is 11.3 Å². The summed E-state index contributed by atoms with van der Waals surface area (Å²) in [5.41, 5.74) is 7.27. The Balaban J connectivity index is 1.77. The summed E-state index contributed by atoms with van der Waals surface area (Å²) in [6.45, 7) is 6.56. The Kier molecular flexibility index (Phi) is 5.36. The molecule has 4 nitrogen and oxygen atoms in total. The molecular weight excluding hydrogens is 258 g/mol. The minimum Gasteiger partial charge on any atom is -0.339 e. The van der Waals surface area contributed by atoms with E-state index in [1.807, 2.05) is 4.90 Å². The fourth-order valence-electron chi connectivity index (χ4n) is 2.44. The zero-order valence-corrected chi connectivity index (χ0v) is 12.4. The Labute approximate surface area is 119 Å². The number of carbonyl (C=O) groups excluding carboxylic acids is 1. The molecule has 1 atom stereocenters. The lowest BCUT2D eigenvalue weighted by Crippen LogP contribution is -2.52. The average Bonchev–Trinajstić information content (AvgIpc) is 2.92. The van der Waals surface area contributed by atoms with Gasteiger partial charge >= 0.3 is 0 Å². The molecule has 1 aromatic heterocycles. The van der Waals surface area contributed by atoms with Crippen LogP contribution < -0.4 is 5.73 Å². The summed E-state index contributed by atoms with van der Waals surface area (Å²) in [6.07, 6.45) is 1.75. The molecule has 1 fully saturated rings. The van der Waals surface area contributed by atoms with Gasteiger partial charge in [0.1, 0.15) is 0 Å². The Morgan fingerprint density at radius 3 is 2.74 bits per heavy atom. The van der Waals surface area contributed by atoms with Crippen LogP contribution in [0.15, 0.2) is 16.8 Å². The van der Waals surface area contributed by atoms with Gasteiger partial charge < -0.3 is 10.6 Å². The largest absolute Gasteiger partial charge is 0.339 e. The van der Waals surface area contributed by atoms with E-state index in [-0.39, 0.29) is 11.9 Å². The van der Waals surface area contributed by atoms with Gasteiger partial charge in [0.15, 0.2) is 0 Å². The molecule has 2 N–H and O–H groups in total. The molecule has 1 aliphatic heterocycles. The normalized spacial score (nSPS) is 18.5. The van der Waals surface area contributed by atoms with E-state index in [0.717, 1.165) is 45.6 Å². The lowest BCUT2D eigenvalue weighted by atomic mass is 10.1. The minimum atomic E-state index is -0.312. The van der Waals surface area contributed by atoms with Crippen molar-refractivity contribution in [2.24, 2.45) is 5.73 Å². The van der Waals surface area contributed by atoms with E-state index in [0.29, 0.717) is 0 Å². The summed E-state index contributed by atoms with van der Waals surface area (Å²) in [7, 11) is 0. The van der Waals surface area contributed by atoms with Crippen molar-refractivity contribution in [2.45, 2.75) is 32.4 Å². The Hall–Kier alpha value is -0.910. The molecule has 0 unspecified atom stereocenters. The molecule has 0 bridgehead atoms. The van der Waals surface area contributed by atoms with E-state index in [9.17, 15) is 4.79 Å². The molecule has 0 radical (unpaired) electrons. The van der Waals surface area contributed by atoms with Gasteiger partial charge in [-0.05, 0) is 28.8 Å². The van der Waals surface area contributed by atoms with Gasteiger partial charge in [-0.2, -0.15) is 11.3 Å². The van der Waals surface area contributed by atoms with Crippen molar-refractivity contribution >= 4 is 17.2 Å². The van der Waals surface area contributed by atoms with Gasteiger partial charge in [-0.25, -0.2) is 0 Å². The smallest absolute Gasteiger partial charge is 0.239 e. The third kappa shape index (κ3) is 4.03. The molecule has 5 heteroatoms. The summed E-state index contributed by atoms with van der Waals surface area (Å²) in [5.74, 6) is 0.122. The predicted octanol–water partition coefficient (Wildman–Crippen LogP) is 1.52. The number of piperazine rings is 1. The van der Waals surface area contributed by atoms with Gasteiger partial charge in [0.25, 0.3) is 0 Å². The lowest BCUT2D eigenvalue weighted by molar-refractivity contribution is -0.134. The molecule has 2 heterocycles. The van der Waals surface area contributed by atoms with E-state index in [2.05, 4.69) is 28.7 Å². The van der Waals surface area contributed by atoms with Crippen molar-refractivity contribution in [3.63, 3.8) is 0 Å². The van der Waals surface area contributed by atoms with Crippen LogP contribution in [0.4, 0.5) is 0 Å². The van der Waals surface area contributed by atoms with Gasteiger partial charge in [-0.3, -0.25) is 9.69 Å². The Bertz CT molecular complexity index is 385. The molecule has 1 aromatic rings. The van der Waals surface area contributed by atoms with Crippen LogP contribution in [0.2, 0.25) is 0 Å². The highest BCUT2D eigenvalue weighted by Gasteiger charge is 2.24. The standard InChI is InChI=1S/C14H23N3OS/c1-2-3-13(15)14(18)17-7-5-16(6-8-17)10-12-4-9-19-11-12/h4,9,11,13H,2-3,5-8,10,15H2,1H3/t13-/m1/s1. The molecular formula is C14H23N3OS. The van der Waals surface area contributed by atoms with Crippen molar-refractivity contribution in [1.29, 1.82) is 0 Å². The van der Waals surface area contributed by atoms with Crippen molar-refractivity contribution in [3.05, 3.63) is 22.4 Å². The van der Waals surface area contributed by atoms with Crippen molar-refractivity contribution in [2.75, 3.05) is 26.2 Å². The second kappa shape index (κ2) is 7.03. The topological polar surface area (TPSA) is 49.6 Å². The van der Waals surface area contributed by atoms with Gasteiger partial charge in [0.2, 0.25) is 5.91 Å². The van der Waals surface area contributed by atoms with Gasteiger partial charge in [0, 0.05) is 32.7 Å². The monoisotopic (exact) mass is 281 g/mol. The third-order valence-electron chi connectivity index (χ3n) is 3.59. The number of nitrogens with two attached hydrogens (primary N) is 1. The second-order valence-electron chi connectivity index (χ2n) is 5.13. The first-order chi connectivity index (χ1) is 9.20. The van der Waals surface area contributed by atoms with Crippen LogP contribution >= 0.6 is 11.3 Å². The molecule has 0 aliphatic carbocycles. The highest BCUT2D eigenvalue weighted by atomic mass is 32.1. The Morgan fingerprint density at radius 2 is 2.16 bits per heavy atom. The lowest BCUT2D eigenvalue weighted by Gasteiger charge is -2.35. The summed E-state index contributed by atoms with van der Waals surface area (Å²) < 4.78 is 0. The quantitative estimate of drug-likeness (QED) is 0.890. The van der Waals surface area contributed by atoms with Crippen LogP contribution in [0.1, 0.15) is 25.3 Å². The number of nitrogens with zero attached hydrogens (tertiary/aromatic N) is 2. The maximum Gasteiger partial charge on any atom is 0.239 e. The van der Waals surface area contributed by atoms with E-state index < -0.39 is 0 Å². The number of hydrogen-bond donors (Lipinski definition) is 1. The molecule has 1 saturated heterocycles. The first-order valence-corrected chi connectivity index (χ1v) is 7.92. The number of rotatable bonds is 5. The van der Waals surface area contributed by atoms with Gasteiger partial charge in [-0.15, -0.1) is 0 Å². The number of hydrogen-bond acceptors (Lipinski definition) is 4. The Morgan fingerprint density at radius 1 is 1.42 bits per heavy atom. The van der Waals surface area contributed by atoms with Crippen LogP contribution in [-0.4, -0.2) is 47.9 Å². The molecule has 19 heavy (non-hydrogen) atoms. The summed E-state index contributed by atoms with van der Waals surface area (Å²) in [6, 6.07) is 1.85. The summed E-state index contributed by atoms with van der Waals surface area (Å²) in [5, 5.41) is 4.30. The number of carbonyl (C=O) groups is 1. The maximum atomic E-state index is 12.1. The molecule has 0 spiro atoms. The second-order valence-corrected chi connectivity index (χ2v) is 5.91. The van der Waals surface area contributed by atoms with Crippen molar-refractivity contribution < 1.29 is 4.79 Å². The number of amides is 1. The first-order valence-electron chi connectivity index (χ1n) is 6.98. The van der Waals surface area contributed by atoms with E-state index in [4.69, 9.17) is 5.73 Å². The molecule has 0 saturated carbocycles. The predicted molar refractivity (Wildman–Crippen MR) is 79.1 cm³/mol. The van der Waals surface area contributed by atoms with Crippen LogP contribution in [0.25, 0.3) is 0 Å². The highest BCUT2D eigenvalue weighted by molar-refractivity contribution is 7.07. The van der Waals surface area contributed by atoms with Crippen molar-refractivity contribution in [3.8, 4) is 0 Å². The van der Waals surface area contributed by atoms with E-state index >= 15 is 0 Å². The number of thiophene rings is 1. The maximum absolute atomic E-state index is 12.1. The van der Waals surface area contributed by atoms with E-state index in [1.165, 1.54) is 5.56 Å². The van der Waals surface area contributed by atoms with Crippen LogP contribution in [0, 0.1) is 0 Å². The van der Waals surface area contributed by atoms with Gasteiger partial charge in [0.05, 0.1) is 6.04 Å². The summed E-state index contributed by atoms with van der Waals surface area (Å²) >= 11 is 1.74. The van der Waals surface area contributed by atoms with Crippen LogP contribution in [0.5, 0.6) is 0 Å². The molecule has 1 aliphatic rings. The zero-order chi connectivity index (χ0) is 13.7. The third-order valence-corrected chi connectivity index (χ3v) is 4.32. The fourth-order valence-corrected chi connectivity index (χ4v) is 3.10. The zero-order valence-electron chi connectivity index (χ0n) is 11.5. The summed E-state index contributed by atoms with van der Waals surface area (Å²) in [4.78, 5) is 16.4. The minimum absolute atomic E-state index is 0.122. The van der Waals surface area contributed by atoms with Crippen LogP contribution in [0.3, 0.4) is 0 Å². The molecule has 1 amide bonds. The molecule has 0 aromatic carbocycles. The highest BCUT2D eigenvalue weighted by Crippen LogP contribution is 2.12. The van der Waals surface area contributed by atoms with Crippen LogP contribution in [-0.2, 0) is 11.3 Å². The fraction of sp³-hybridized carbons (Fsp3) is 0.643. The average molecular weight is 281 g/mol. The SMILES string of the molecule is CCC[C@@H](N)C(=O)N1CCN(Cc2ccsc2)CC1. The van der Waals surface area contributed by atoms with Gasteiger partial charge in [-0.1, -0.05) is 13.3 Å².